The molecule has 0 radical (unpaired) electrons. The zero-order chi connectivity index (χ0) is 21.7. The van der Waals surface area contributed by atoms with Gasteiger partial charge < -0.3 is 9.30 Å². The van der Waals surface area contributed by atoms with E-state index in [2.05, 4.69) is 11.5 Å². The molecule has 1 heterocycles. The summed E-state index contributed by atoms with van der Waals surface area (Å²) >= 11 is 0. The Balaban J connectivity index is 1.87. The fraction of sp³-hybridized carbons (Fsp3) is 0.308. The number of carbonyl (C=O) groups is 2. The van der Waals surface area contributed by atoms with Gasteiger partial charge in [0, 0.05) is 12.2 Å². The van der Waals surface area contributed by atoms with Crippen molar-refractivity contribution in [1.29, 1.82) is 0 Å². The van der Waals surface area contributed by atoms with Crippen LogP contribution in [0.1, 0.15) is 66.2 Å². The van der Waals surface area contributed by atoms with Crippen LogP contribution in [0.2, 0.25) is 0 Å². The summed E-state index contributed by atoms with van der Waals surface area (Å²) in [5.41, 5.74) is 4.77. The van der Waals surface area contributed by atoms with Crippen LogP contribution in [-0.4, -0.2) is 22.4 Å². The van der Waals surface area contributed by atoms with E-state index in [0.717, 1.165) is 35.8 Å². The van der Waals surface area contributed by atoms with Gasteiger partial charge >= 0.3 is 5.97 Å². The molecule has 0 N–H and O–H groups in total. The molecule has 0 amide bonds. The summed E-state index contributed by atoms with van der Waals surface area (Å²) in [6.07, 6.45) is 2.88. The first-order valence-electron chi connectivity index (χ1n) is 10.4. The van der Waals surface area contributed by atoms with E-state index in [1.165, 1.54) is 5.69 Å². The van der Waals surface area contributed by atoms with Crippen molar-refractivity contribution in [2.75, 3.05) is 0 Å². The van der Waals surface area contributed by atoms with E-state index < -0.39 is 5.60 Å². The Hall–Kier alpha value is -3.14. The highest BCUT2D eigenvalue weighted by molar-refractivity contribution is 5.97. The van der Waals surface area contributed by atoms with E-state index in [1.807, 2.05) is 75.4 Å². The molecule has 3 aromatic rings. The number of aromatic nitrogens is 1. The Morgan fingerprint density at radius 3 is 2.33 bits per heavy atom. The van der Waals surface area contributed by atoms with Crippen LogP contribution in [0.4, 0.5) is 0 Å². The molecule has 0 saturated heterocycles. The summed E-state index contributed by atoms with van der Waals surface area (Å²) in [4.78, 5) is 24.1. The van der Waals surface area contributed by atoms with E-state index in [1.54, 1.807) is 6.07 Å². The molecule has 0 aliphatic heterocycles. The molecule has 3 rings (SSSR count). The number of nitrogens with zero attached hydrogens (tertiary/aromatic N) is 1. The van der Waals surface area contributed by atoms with Crippen LogP contribution in [0.15, 0.2) is 60.7 Å². The zero-order valence-corrected chi connectivity index (χ0v) is 18.1. The van der Waals surface area contributed by atoms with Gasteiger partial charge in [-0.05, 0) is 62.1 Å². The monoisotopic (exact) mass is 403 g/mol. The lowest BCUT2D eigenvalue weighted by atomic mass is 9.98. The van der Waals surface area contributed by atoms with Crippen LogP contribution in [0.5, 0.6) is 0 Å². The highest BCUT2D eigenvalue weighted by Crippen LogP contribution is 2.26. The predicted octanol–water partition coefficient (Wildman–Crippen LogP) is 5.92. The van der Waals surface area contributed by atoms with Gasteiger partial charge in [-0.15, -0.1) is 0 Å². The molecule has 1 aromatic heterocycles. The third-order valence-electron chi connectivity index (χ3n) is 4.88. The number of hydrogen-bond acceptors (Lipinski definition) is 3. The second kappa shape index (κ2) is 9.12. The van der Waals surface area contributed by atoms with Crippen molar-refractivity contribution in [3.05, 3.63) is 83.2 Å². The van der Waals surface area contributed by atoms with E-state index in [-0.39, 0.29) is 5.97 Å². The quantitative estimate of drug-likeness (QED) is 0.363. The van der Waals surface area contributed by atoms with Gasteiger partial charge in [-0.1, -0.05) is 55.8 Å². The van der Waals surface area contributed by atoms with Crippen LogP contribution in [0.25, 0.3) is 11.1 Å². The minimum absolute atomic E-state index is 0.325. The number of benzene rings is 2. The van der Waals surface area contributed by atoms with Gasteiger partial charge in [0.25, 0.3) is 0 Å². The van der Waals surface area contributed by atoms with Gasteiger partial charge in [0.2, 0.25) is 0 Å². The number of hydrogen-bond donors (Lipinski definition) is 0. The van der Waals surface area contributed by atoms with Crippen molar-refractivity contribution in [2.45, 2.75) is 52.7 Å². The molecule has 0 atom stereocenters. The molecular weight excluding hydrogens is 374 g/mol. The average molecular weight is 404 g/mol. The summed E-state index contributed by atoms with van der Waals surface area (Å²) in [5, 5.41) is 0. The maximum absolute atomic E-state index is 12.6. The highest BCUT2D eigenvalue weighted by Gasteiger charge is 2.20. The van der Waals surface area contributed by atoms with Gasteiger partial charge in [-0.25, -0.2) is 4.79 Å². The second-order valence-corrected chi connectivity index (χ2v) is 8.45. The molecule has 0 aliphatic carbocycles. The van der Waals surface area contributed by atoms with E-state index >= 15 is 0 Å². The van der Waals surface area contributed by atoms with E-state index in [0.29, 0.717) is 17.8 Å². The van der Waals surface area contributed by atoms with Crippen molar-refractivity contribution in [1.82, 2.24) is 4.57 Å². The molecule has 30 heavy (non-hydrogen) atoms. The summed E-state index contributed by atoms with van der Waals surface area (Å²) in [6, 6.07) is 19.5. The molecule has 0 saturated carbocycles. The van der Waals surface area contributed by atoms with Crippen LogP contribution in [0, 0.1) is 0 Å². The highest BCUT2D eigenvalue weighted by atomic mass is 16.6. The molecule has 0 fully saturated rings. The number of aldehydes is 1. The first kappa shape index (κ1) is 21.6. The minimum Gasteiger partial charge on any atom is -0.456 e. The van der Waals surface area contributed by atoms with Gasteiger partial charge in [0.15, 0.2) is 6.29 Å². The van der Waals surface area contributed by atoms with Crippen molar-refractivity contribution >= 4 is 12.3 Å². The standard InChI is InChI=1S/C26H29NO3/c1-5-8-21-15-16-22(18-28)27(21)17-19-11-13-20(14-12-19)23-9-6-7-10-24(23)25(29)30-26(2,3)4/h6-7,9-16,18H,5,8,17H2,1-4H3. The molecular formula is C26H29NO3. The Labute approximate surface area is 178 Å². The largest absolute Gasteiger partial charge is 0.456 e. The molecule has 0 aliphatic rings. The zero-order valence-electron chi connectivity index (χ0n) is 18.1. The Morgan fingerprint density at radius 2 is 1.70 bits per heavy atom. The second-order valence-electron chi connectivity index (χ2n) is 8.45. The molecule has 2 aromatic carbocycles. The molecule has 4 heteroatoms. The Morgan fingerprint density at radius 1 is 1.00 bits per heavy atom. The maximum atomic E-state index is 12.6. The lowest BCUT2D eigenvalue weighted by molar-refractivity contribution is 0.00704. The fourth-order valence-corrected chi connectivity index (χ4v) is 3.52. The SMILES string of the molecule is CCCc1ccc(C=O)n1Cc1ccc(-c2ccccc2C(=O)OC(C)(C)C)cc1. The van der Waals surface area contributed by atoms with Gasteiger partial charge in [0.1, 0.15) is 5.60 Å². The molecule has 0 spiro atoms. The maximum Gasteiger partial charge on any atom is 0.339 e. The summed E-state index contributed by atoms with van der Waals surface area (Å²) in [7, 11) is 0. The van der Waals surface area contributed by atoms with Crippen molar-refractivity contribution in [3.8, 4) is 11.1 Å². The summed E-state index contributed by atoms with van der Waals surface area (Å²) in [6.45, 7) is 8.37. The first-order chi connectivity index (χ1) is 14.3. The number of aryl methyl sites for hydroxylation is 1. The molecule has 0 unspecified atom stereocenters. The average Bonchev–Trinajstić information content (AvgIpc) is 3.09. The van der Waals surface area contributed by atoms with Crippen molar-refractivity contribution < 1.29 is 14.3 Å². The molecule has 156 valence electrons. The topological polar surface area (TPSA) is 48.3 Å². The van der Waals surface area contributed by atoms with E-state index in [4.69, 9.17) is 4.74 Å². The van der Waals surface area contributed by atoms with Crippen molar-refractivity contribution in [3.63, 3.8) is 0 Å². The third-order valence-corrected chi connectivity index (χ3v) is 4.88. The number of rotatable bonds is 7. The van der Waals surface area contributed by atoms with Gasteiger partial charge in [-0.3, -0.25) is 4.79 Å². The normalized spacial score (nSPS) is 11.3. The lowest BCUT2D eigenvalue weighted by Crippen LogP contribution is -2.24. The lowest BCUT2D eigenvalue weighted by Gasteiger charge is -2.20. The smallest absolute Gasteiger partial charge is 0.339 e. The van der Waals surface area contributed by atoms with Gasteiger partial charge in [-0.2, -0.15) is 0 Å². The van der Waals surface area contributed by atoms with E-state index in [9.17, 15) is 9.59 Å². The number of ether oxygens (including phenoxy) is 1. The van der Waals surface area contributed by atoms with Crippen molar-refractivity contribution in [2.24, 2.45) is 0 Å². The Kier molecular flexibility index (Phi) is 6.56. The third kappa shape index (κ3) is 5.07. The number of esters is 1. The van der Waals surface area contributed by atoms with Crippen LogP contribution in [-0.2, 0) is 17.7 Å². The number of carbonyl (C=O) groups excluding carboxylic acids is 2. The molecule has 4 nitrogen and oxygen atoms in total. The van der Waals surface area contributed by atoms with Gasteiger partial charge in [0.05, 0.1) is 11.3 Å². The Bertz CT molecular complexity index is 1020. The summed E-state index contributed by atoms with van der Waals surface area (Å²) < 4.78 is 7.64. The predicted molar refractivity (Wildman–Crippen MR) is 120 cm³/mol. The minimum atomic E-state index is -0.544. The molecule has 0 bridgehead atoms. The van der Waals surface area contributed by atoms with Crippen LogP contribution < -0.4 is 0 Å². The van der Waals surface area contributed by atoms with Crippen LogP contribution >= 0.6 is 0 Å². The van der Waals surface area contributed by atoms with Crippen LogP contribution in [0.3, 0.4) is 0 Å². The summed E-state index contributed by atoms with van der Waals surface area (Å²) in [5.74, 6) is -0.325. The fourth-order valence-electron chi connectivity index (χ4n) is 3.52. The first-order valence-corrected chi connectivity index (χ1v) is 10.4.